The summed E-state index contributed by atoms with van der Waals surface area (Å²) in [6, 6.07) is -0.661. The molecule has 0 spiro atoms. The second-order valence-electron chi connectivity index (χ2n) is 7.51. The number of hydrogen-bond acceptors (Lipinski definition) is 4. The van der Waals surface area contributed by atoms with Crippen LogP contribution in [-0.2, 0) is 19.1 Å². The number of rotatable bonds is 7. The molecule has 0 aromatic rings. The zero-order valence-corrected chi connectivity index (χ0v) is 15.3. The minimum Gasteiger partial charge on any atom is -0.377 e. The number of ketones is 2. The Balaban J connectivity index is 0.00000576. The summed E-state index contributed by atoms with van der Waals surface area (Å²) >= 11 is 0. The Bertz CT molecular complexity index is 548. The first-order chi connectivity index (χ1) is 11.1. The van der Waals surface area contributed by atoms with Crippen LogP contribution in [-0.4, -0.2) is 37.2 Å². The van der Waals surface area contributed by atoms with Crippen molar-refractivity contribution in [3.05, 3.63) is 24.3 Å². The quantitative estimate of drug-likeness (QED) is 0.573. The van der Waals surface area contributed by atoms with Gasteiger partial charge in [-0.1, -0.05) is 39.5 Å². The zero-order chi connectivity index (χ0) is 18.5. The molecule has 1 aliphatic carbocycles. The predicted octanol–water partition coefficient (Wildman–Crippen LogP) is 2.71. The lowest BCUT2D eigenvalue weighted by molar-refractivity contribution is -0.137. The van der Waals surface area contributed by atoms with Crippen molar-refractivity contribution in [2.24, 2.45) is 17.3 Å². The monoisotopic (exact) mass is 337 g/mol. The van der Waals surface area contributed by atoms with Crippen LogP contribution in [0.2, 0.25) is 0 Å². The van der Waals surface area contributed by atoms with Crippen molar-refractivity contribution in [2.45, 2.75) is 46.6 Å². The third-order valence-electron chi connectivity index (χ3n) is 4.30. The van der Waals surface area contributed by atoms with E-state index < -0.39 is 23.3 Å². The third kappa shape index (κ3) is 5.13. The molecule has 1 aliphatic rings. The summed E-state index contributed by atoms with van der Waals surface area (Å²) in [6.07, 6.45) is 4.84. The van der Waals surface area contributed by atoms with E-state index in [0.29, 0.717) is 18.4 Å². The molecule has 5 heteroatoms. The minimum absolute atomic E-state index is 0. The van der Waals surface area contributed by atoms with Crippen molar-refractivity contribution < 1.29 is 20.5 Å². The third-order valence-corrected chi connectivity index (χ3v) is 4.30. The van der Waals surface area contributed by atoms with Crippen LogP contribution in [0.5, 0.6) is 0 Å². The van der Waals surface area contributed by atoms with Crippen molar-refractivity contribution in [3.8, 4) is 0 Å². The van der Waals surface area contributed by atoms with Crippen LogP contribution in [0.15, 0.2) is 24.3 Å². The van der Waals surface area contributed by atoms with E-state index in [2.05, 4.69) is 11.9 Å². The molecule has 0 radical (unpaired) electrons. The second kappa shape index (κ2) is 8.38. The standard InChI is InChI=1S/C19H29NO4.H2/c1-12(2)16(22)17(19(3,4)5)20-18(23)14-10-8-7-9-13(14)15(21)11-24-6;/h7-8,13-14,17H,1,9-11H2,2-6H3,(H,20,23);1H. The summed E-state index contributed by atoms with van der Waals surface area (Å²) in [4.78, 5) is 37.4. The lowest BCUT2D eigenvalue weighted by Gasteiger charge is -2.33. The molecule has 0 aromatic heterocycles. The average molecular weight is 337 g/mol. The van der Waals surface area contributed by atoms with E-state index in [1.165, 1.54) is 7.11 Å². The van der Waals surface area contributed by atoms with Crippen LogP contribution in [0, 0.1) is 17.3 Å². The van der Waals surface area contributed by atoms with E-state index >= 15 is 0 Å². The van der Waals surface area contributed by atoms with Gasteiger partial charge in [0.25, 0.3) is 0 Å². The van der Waals surface area contributed by atoms with E-state index in [0.717, 1.165) is 0 Å². The highest BCUT2D eigenvalue weighted by atomic mass is 16.5. The fraction of sp³-hybridized carbons (Fsp3) is 0.632. The van der Waals surface area contributed by atoms with Crippen LogP contribution in [0.1, 0.15) is 42.0 Å². The molecule has 24 heavy (non-hydrogen) atoms. The van der Waals surface area contributed by atoms with Crippen LogP contribution in [0.3, 0.4) is 0 Å². The minimum atomic E-state index is -0.661. The van der Waals surface area contributed by atoms with Gasteiger partial charge < -0.3 is 10.1 Å². The first kappa shape index (κ1) is 20.3. The summed E-state index contributed by atoms with van der Waals surface area (Å²) in [5.74, 6) is -1.40. The topological polar surface area (TPSA) is 72.5 Å². The van der Waals surface area contributed by atoms with Gasteiger partial charge in [0.05, 0.1) is 12.0 Å². The number of amides is 1. The molecule has 1 N–H and O–H groups in total. The fourth-order valence-electron chi connectivity index (χ4n) is 2.88. The molecule has 0 heterocycles. The number of allylic oxidation sites excluding steroid dienone is 2. The van der Waals surface area contributed by atoms with Crippen LogP contribution >= 0.6 is 0 Å². The molecule has 0 aliphatic heterocycles. The molecule has 5 nitrogen and oxygen atoms in total. The van der Waals surface area contributed by atoms with E-state index in [1.807, 2.05) is 32.9 Å². The highest BCUT2D eigenvalue weighted by molar-refractivity contribution is 6.01. The van der Waals surface area contributed by atoms with E-state index in [9.17, 15) is 14.4 Å². The van der Waals surface area contributed by atoms with Gasteiger partial charge in [0.15, 0.2) is 11.6 Å². The van der Waals surface area contributed by atoms with Gasteiger partial charge in [-0.05, 0) is 30.8 Å². The Kier molecular flexibility index (Phi) is 7.08. The Morgan fingerprint density at radius 2 is 1.79 bits per heavy atom. The van der Waals surface area contributed by atoms with Gasteiger partial charge >= 0.3 is 0 Å². The molecule has 0 fully saturated rings. The number of ether oxygens (including phenoxy) is 1. The normalized spacial score (nSPS) is 21.9. The molecule has 0 bridgehead atoms. The van der Waals surface area contributed by atoms with Gasteiger partial charge in [0.2, 0.25) is 5.91 Å². The summed E-state index contributed by atoms with van der Waals surface area (Å²) in [6.45, 7) is 11.0. The molecule has 3 atom stereocenters. The molecular formula is C19H31NO4. The lowest BCUT2D eigenvalue weighted by atomic mass is 9.78. The molecule has 0 saturated heterocycles. The van der Waals surface area contributed by atoms with Gasteiger partial charge in [-0.15, -0.1) is 0 Å². The van der Waals surface area contributed by atoms with Crippen molar-refractivity contribution >= 4 is 17.5 Å². The van der Waals surface area contributed by atoms with E-state index in [1.54, 1.807) is 6.92 Å². The van der Waals surface area contributed by atoms with Crippen LogP contribution in [0.25, 0.3) is 0 Å². The first-order valence-electron chi connectivity index (χ1n) is 8.26. The summed E-state index contributed by atoms with van der Waals surface area (Å²) in [7, 11) is 1.47. The Labute approximate surface area is 146 Å². The molecule has 3 unspecified atom stereocenters. The highest BCUT2D eigenvalue weighted by Gasteiger charge is 2.38. The fourth-order valence-corrected chi connectivity index (χ4v) is 2.88. The maximum atomic E-state index is 12.8. The molecule has 136 valence electrons. The Hall–Kier alpha value is -1.75. The molecule has 1 rings (SSSR count). The second-order valence-corrected chi connectivity index (χ2v) is 7.51. The van der Waals surface area contributed by atoms with E-state index in [4.69, 9.17) is 4.74 Å². The van der Waals surface area contributed by atoms with Gasteiger partial charge in [-0.3, -0.25) is 14.4 Å². The zero-order valence-electron chi connectivity index (χ0n) is 15.3. The summed E-state index contributed by atoms with van der Waals surface area (Å²) in [5.41, 5.74) is -0.0341. The maximum Gasteiger partial charge on any atom is 0.224 e. The SMILES string of the molecule is C=C(C)C(=O)C(NC(=O)C1CC=CCC1C(=O)COC)C(C)(C)C.[HH]. The highest BCUT2D eigenvalue weighted by Crippen LogP contribution is 2.29. The number of Topliss-reactive ketones (excluding diaryl/α,β-unsaturated/α-hetero) is 2. The summed E-state index contributed by atoms with van der Waals surface area (Å²) in [5, 5.41) is 2.86. The Morgan fingerprint density at radius 3 is 2.25 bits per heavy atom. The molecule has 0 saturated carbocycles. The van der Waals surface area contributed by atoms with Crippen molar-refractivity contribution in [2.75, 3.05) is 13.7 Å². The maximum absolute atomic E-state index is 12.8. The predicted molar refractivity (Wildman–Crippen MR) is 95.6 cm³/mol. The smallest absolute Gasteiger partial charge is 0.224 e. The van der Waals surface area contributed by atoms with Crippen molar-refractivity contribution in [1.29, 1.82) is 0 Å². The number of nitrogens with one attached hydrogen (secondary N) is 1. The van der Waals surface area contributed by atoms with Crippen molar-refractivity contribution in [1.82, 2.24) is 5.32 Å². The first-order valence-corrected chi connectivity index (χ1v) is 8.26. The van der Waals surface area contributed by atoms with Crippen LogP contribution in [0.4, 0.5) is 0 Å². The van der Waals surface area contributed by atoms with Gasteiger partial charge in [0.1, 0.15) is 6.61 Å². The van der Waals surface area contributed by atoms with Gasteiger partial charge in [0, 0.05) is 14.5 Å². The largest absolute Gasteiger partial charge is 0.377 e. The van der Waals surface area contributed by atoms with Gasteiger partial charge in [-0.25, -0.2) is 0 Å². The van der Waals surface area contributed by atoms with Crippen molar-refractivity contribution in [3.63, 3.8) is 0 Å². The van der Waals surface area contributed by atoms with Crippen LogP contribution < -0.4 is 5.32 Å². The number of methoxy groups -OCH3 is 1. The lowest BCUT2D eigenvalue weighted by Crippen LogP contribution is -2.52. The number of carbonyl (C=O) groups is 3. The van der Waals surface area contributed by atoms with E-state index in [-0.39, 0.29) is 25.5 Å². The Morgan fingerprint density at radius 1 is 1.25 bits per heavy atom. The van der Waals surface area contributed by atoms with Gasteiger partial charge in [-0.2, -0.15) is 0 Å². The molecule has 0 aromatic carbocycles. The number of hydrogen-bond donors (Lipinski definition) is 1. The molecule has 1 amide bonds. The molecular weight excluding hydrogens is 306 g/mol. The average Bonchev–Trinajstić information content (AvgIpc) is 2.50. The number of carbonyl (C=O) groups excluding carboxylic acids is 3. The summed E-state index contributed by atoms with van der Waals surface area (Å²) < 4.78 is 4.92.